The average Bonchev–Trinajstić information content (AvgIpc) is 2.63. The molecule has 2 bridgehead atoms. The number of fused-ring (bicyclic) bond motifs is 2. The molecule has 2 rings (SSSR count). The lowest BCUT2D eigenvalue weighted by atomic mass is 9.97. The summed E-state index contributed by atoms with van der Waals surface area (Å²) in [5, 5.41) is 5.85. The molecule has 2 unspecified atom stereocenters. The van der Waals surface area contributed by atoms with Crippen molar-refractivity contribution in [3.05, 3.63) is 0 Å². The molecule has 0 saturated carbocycles. The van der Waals surface area contributed by atoms with Crippen LogP contribution in [0.25, 0.3) is 0 Å². The number of methoxy groups -OCH3 is 1. The van der Waals surface area contributed by atoms with Crippen LogP contribution < -0.4 is 10.6 Å². The van der Waals surface area contributed by atoms with E-state index in [2.05, 4.69) is 10.6 Å². The second kappa shape index (κ2) is 3.93. The largest absolute Gasteiger partial charge is 0.468 e. The molecule has 0 aromatic carbocycles. The third kappa shape index (κ3) is 1.63. The summed E-state index contributed by atoms with van der Waals surface area (Å²) in [6.45, 7) is 1.04. The molecule has 0 aromatic rings. The van der Waals surface area contributed by atoms with Gasteiger partial charge in [-0.2, -0.15) is 0 Å². The van der Waals surface area contributed by atoms with Crippen LogP contribution in [0, 0.1) is 0 Å². The minimum atomic E-state index is -0.690. The summed E-state index contributed by atoms with van der Waals surface area (Å²) in [4.78, 5) is 25.0. The Balaban J connectivity index is 2.16. The third-order valence-corrected chi connectivity index (χ3v) is 3.38. The summed E-state index contributed by atoms with van der Waals surface area (Å²) in [6.07, 6.45) is 1.64. The van der Waals surface area contributed by atoms with Gasteiger partial charge >= 0.3 is 12.0 Å². The van der Waals surface area contributed by atoms with Gasteiger partial charge in [-0.15, -0.1) is 0 Å². The summed E-state index contributed by atoms with van der Waals surface area (Å²) in [5.41, 5.74) is -0.690. The number of carbonyl (C=O) groups excluding carboxylic acids is 2. The summed E-state index contributed by atoms with van der Waals surface area (Å²) in [7, 11) is 2.97. The highest BCUT2D eigenvalue weighted by atomic mass is 16.5. The highest BCUT2D eigenvalue weighted by Gasteiger charge is 2.51. The number of amides is 2. The van der Waals surface area contributed by atoms with E-state index in [9.17, 15) is 9.59 Å². The van der Waals surface area contributed by atoms with Crippen LogP contribution in [-0.2, 0) is 9.53 Å². The highest BCUT2D eigenvalue weighted by Crippen LogP contribution is 2.30. The van der Waals surface area contributed by atoms with E-state index in [1.165, 1.54) is 7.11 Å². The lowest BCUT2D eigenvalue weighted by molar-refractivity contribution is -0.149. The lowest BCUT2D eigenvalue weighted by Gasteiger charge is -2.38. The third-order valence-electron chi connectivity index (χ3n) is 3.38. The number of ether oxygens (including phenoxy) is 1. The molecular formula is C10H17N3O3. The predicted molar refractivity (Wildman–Crippen MR) is 56.9 cm³/mol. The van der Waals surface area contributed by atoms with Gasteiger partial charge in [-0.3, -0.25) is 5.32 Å². The number of carbonyl (C=O) groups is 2. The van der Waals surface area contributed by atoms with Crippen molar-refractivity contribution < 1.29 is 14.3 Å². The zero-order valence-electron chi connectivity index (χ0n) is 9.58. The standard InChI is InChI=1S/C10H17N3O3/c1-11-9(15)13-5-7-3-4-10(6-13,12-7)8(14)16-2/h7,12H,3-6H2,1-2H3,(H,11,15). The molecule has 2 amide bonds. The Bertz CT molecular complexity index is 320. The number of nitrogens with one attached hydrogen (secondary N) is 2. The van der Waals surface area contributed by atoms with Crippen molar-refractivity contribution >= 4 is 12.0 Å². The first-order valence-electron chi connectivity index (χ1n) is 5.44. The fraction of sp³-hybridized carbons (Fsp3) is 0.800. The Morgan fingerprint density at radius 3 is 2.94 bits per heavy atom. The van der Waals surface area contributed by atoms with Gasteiger partial charge in [-0.1, -0.05) is 0 Å². The predicted octanol–water partition coefficient (Wildman–Crippen LogP) is -0.695. The maximum atomic E-state index is 11.8. The maximum Gasteiger partial charge on any atom is 0.327 e. The number of rotatable bonds is 1. The van der Waals surface area contributed by atoms with Crippen LogP contribution in [0.2, 0.25) is 0 Å². The fourth-order valence-corrected chi connectivity index (χ4v) is 2.61. The summed E-state index contributed by atoms with van der Waals surface area (Å²) >= 11 is 0. The van der Waals surface area contributed by atoms with E-state index >= 15 is 0 Å². The van der Waals surface area contributed by atoms with Crippen molar-refractivity contribution in [3.8, 4) is 0 Å². The molecule has 2 fully saturated rings. The second-order valence-electron chi connectivity index (χ2n) is 4.39. The molecule has 2 saturated heterocycles. The first kappa shape index (κ1) is 11.2. The van der Waals surface area contributed by atoms with Crippen molar-refractivity contribution in [3.63, 3.8) is 0 Å². The molecule has 0 radical (unpaired) electrons. The summed E-state index contributed by atoms with van der Waals surface area (Å²) < 4.78 is 4.81. The highest BCUT2D eigenvalue weighted by molar-refractivity contribution is 5.84. The van der Waals surface area contributed by atoms with Crippen molar-refractivity contribution in [2.24, 2.45) is 0 Å². The van der Waals surface area contributed by atoms with E-state index in [1.807, 2.05) is 0 Å². The second-order valence-corrected chi connectivity index (χ2v) is 4.39. The van der Waals surface area contributed by atoms with Gasteiger partial charge in [0.1, 0.15) is 5.54 Å². The number of hydrogen-bond donors (Lipinski definition) is 2. The minimum Gasteiger partial charge on any atom is -0.468 e. The number of urea groups is 1. The molecule has 2 aliphatic heterocycles. The van der Waals surface area contributed by atoms with Gasteiger partial charge in [0.2, 0.25) is 0 Å². The first-order valence-corrected chi connectivity index (χ1v) is 5.44. The van der Waals surface area contributed by atoms with E-state index in [-0.39, 0.29) is 18.0 Å². The van der Waals surface area contributed by atoms with Crippen LogP contribution in [0.5, 0.6) is 0 Å². The van der Waals surface area contributed by atoms with Gasteiger partial charge in [0.25, 0.3) is 0 Å². The van der Waals surface area contributed by atoms with E-state index in [0.717, 1.165) is 12.8 Å². The molecule has 6 heteroatoms. The Morgan fingerprint density at radius 2 is 2.31 bits per heavy atom. The molecule has 90 valence electrons. The van der Waals surface area contributed by atoms with Gasteiger partial charge in [0, 0.05) is 19.6 Å². The van der Waals surface area contributed by atoms with E-state index in [1.54, 1.807) is 11.9 Å². The molecule has 2 atom stereocenters. The lowest BCUT2D eigenvalue weighted by Crippen LogP contribution is -2.65. The van der Waals surface area contributed by atoms with Crippen LogP contribution in [0.1, 0.15) is 12.8 Å². The number of esters is 1. The monoisotopic (exact) mass is 227 g/mol. The molecule has 16 heavy (non-hydrogen) atoms. The molecule has 0 spiro atoms. The van der Waals surface area contributed by atoms with Crippen molar-refractivity contribution in [1.82, 2.24) is 15.5 Å². The number of nitrogens with zero attached hydrogens (tertiary/aromatic N) is 1. The molecule has 2 aliphatic rings. The van der Waals surface area contributed by atoms with Crippen molar-refractivity contribution in [2.75, 3.05) is 27.2 Å². The summed E-state index contributed by atoms with van der Waals surface area (Å²) in [5.74, 6) is -0.274. The molecule has 2 heterocycles. The van der Waals surface area contributed by atoms with Crippen LogP contribution in [0.3, 0.4) is 0 Å². The van der Waals surface area contributed by atoms with Gasteiger partial charge in [-0.25, -0.2) is 9.59 Å². The van der Waals surface area contributed by atoms with Crippen molar-refractivity contribution in [1.29, 1.82) is 0 Å². The molecule has 6 nitrogen and oxygen atoms in total. The van der Waals surface area contributed by atoms with Crippen LogP contribution >= 0.6 is 0 Å². The topological polar surface area (TPSA) is 70.7 Å². The number of likely N-dealkylation sites (tertiary alicyclic amines) is 1. The van der Waals surface area contributed by atoms with E-state index < -0.39 is 5.54 Å². The molecule has 2 N–H and O–H groups in total. The van der Waals surface area contributed by atoms with E-state index in [0.29, 0.717) is 13.1 Å². The summed E-state index contributed by atoms with van der Waals surface area (Å²) in [6, 6.07) is 0.0619. The SMILES string of the molecule is CNC(=O)N1CC2CCC(C(=O)OC)(C1)N2. The Hall–Kier alpha value is -1.30. The van der Waals surface area contributed by atoms with Crippen LogP contribution in [0.15, 0.2) is 0 Å². The van der Waals surface area contributed by atoms with Gasteiger partial charge in [0.15, 0.2) is 0 Å². The Labute approximate surface area is 94.3 Å². The molecule has 0 aliphatic carbocycles. The normalized spacial score (nSPS) is 32.4. The zero-order chi connectivity index (χ0) is 11.8. The van der Waals surface area contributed by atoms with Gasteiger partial charge in [-0.05, 0) is 12.8 Å². The van der Waals surface area contributed by atoms with Gasteiger partial charge < -0.3 is 15.0 Å². The number of piperazine rings is 1. The van der Waals surface area contributed by atoms with Crippen LogP contribution in [0.4, 0.5) is 4.79 Å². The fourth-order valence-electron chi connectivity index (χ4n) is 2.61. The maximum absolute atomic E-state index is 11.8. The first-order chi connectivity index (χ1) is 7.61. The molecular weight excluding hydrogens is 210 g/mol. The van der Waals surface area contributed by atoms with Crippen molar-refractivity contribution in [2.45, 2.75) is 24.4 Å². The average molecular weight is 227 g/mol. The van der Waals surface area contributed by atoms with E-state index in [4.69, 9.17) is 4.74 Å². The van der Waals surface area contributed by atoms with Crippen LogP contribution in [-0.4, -0.2) is 55.7 Å². The molecule has 0 aromatic heterocycles. The smallest absolute Gasteiger partial charge is 0.327 e. The quantitative estimate of drug-likeness (QED) is 0.581. The Morgan fingerprint density at radius 1 is 1.56 bits per heavy atom. The van der Waals surface area contributed by atoms with Gasteiger partial charge in [0.05, 0.1) is 13.7 Å². The zero-order valence-corrected chi connectivity index (χ0v) is 9.58. The number of hydrogen-bond acceptors (Lipinski definition) is 4. The minimum absolute atomic E-state index is 0.137. The Kier molecular flexibility index (Phi) is 2.75.